The number of nitrogens with zero attached hydrogens (tertiary/aromatic N) is 2. The first-order chi connectivity index (χ1) is 8.65. The van der Waals surface area contributed by atoms with Gasteiger partial charge < -0.3 is 19.9 Å². The number of carbonyl (C=O) groups is 1. The maximum absolute atomic E-state index is 12.3. The lowest BCUT2D eigenvalue weighted by atomic mass is 10.1. The molecule has 106 valence electrons. The number of hydrogen-bond acceptors (Lipinski definition) is 4. The van der Waals surface area contributed by atoms with Crippen LogP contribution in [0.15, 0.2) is 0 Å². The van der Waals surface area contributed by atoms with Crippen LogP contribution in [0.1, 0.15) is 12.8 Å². The molecule has 18 heavy (non-hydrogen) atoms. The summed E-state index contributed by atoms with van der Waals surface area (Å²) in [4.78, 5) is 16.5. The van der Waals surface area contributed by atoms with Crippen LogP contribution in [0, 0.1) is 5.92 Å². The van der Waals surface area contributed by atoms with Crippen LogP contribution in [0.5, 0.6) is 0 Å². The minimum atomic E-state index is 0.168. The molecule has 0 radical (unpaired) electrons. The lowest BCUT2D eigenvalue weighted by Crippen LogP contribution is -2.40. The average molecular weight is 257 g/mol. The second-order valence-electron chi connectivity index (χ2n) is 5.16. The summed E-state index contributed by atoms with van der Waals surface area (Å²) < 4.78 is 5.09. The molecule has 0 aromatic heterocycles. The van der Waals surface area contributed by atoms with Gasteiger partial charge in [0.2, 0.25) is 5.91 Å². The van der Waals surface area contributed by atoms with Gasteiger partial charge in [0, 0.05) is 26.7 Å². The average Bonchev–Trinajstić information content (AvgIpc) is 2.86. The summed E-state index contributed by atoms with van der Waals surface area (Å²) in [7, 11) is 5.80. The molecule has 1 fully saturated rings. The molecule has 1 rings (SSSR count). The zero-order valence-electron chi connectivity index (χ0n) is 11.9. The predicted octanol–water partition coefficient (Wildman–Crippen LogP) is 0.0226. The molecule has 5 nitrogen and oxygen atoms in total. The van der Waals surface area contributed by atoms with E-state index in [2.05, 4.69) is 24.3 Å². The van der Waals surface area contributed by atoms with Crippen LogP contribution in [0.2, 0.25) is 0 Å². The minimum absolute atomic E-state index is 0.168. The van der Waals surface area contributed by atoms with Gasteiger partial charge in [0.05, 0.1) is 12.5 Å². The number of methoxy groups -OCH3 is 1. The van der Waals surface area contributed by atoms with E-state index in [1.807, 2.05) is 4.90 Å². The third kappa shape index (κ3) is 5.33. The summed E-state index contributed by atoms with van der Waals surface area (Å²) in [5.74, 6) is 0.456. The van der Waals surface area contributed by atoms with Crippen molar-refractivity contribution in [1.29, 1.82) is 0 Å². The second kappa shape index (κ2) is 8.45. The van der Waals surface area contributed by atoms with E-state index in [-0.39, 0.29) is 11.8 Å². The van der Waals surface area contributed by atoms with Crippen molar-refractivity contribution in [2.75, 3.05) is 60.5 Å². The number of hydrogen-bond donors (Lipinski definition) is 1. The number of rotatable bonds is 8. The highest BCUT2D eigenvalue weighted by Crippen LogP contribution is 2.12. The van der Waals surface area contributed by atoms with E-state index in [1.54, 1.807) is 7.11 Å². The maximum Gasteiger partial charge on any atom is 0.227 e. The Balaban J connectivity index is 2.39. The maximum atomic E-state index is 12.3. The first-order valence-electron chi connectivity index (χ1n) is 6.78. The number of amides is 1. The van der Waals surface area contributed by atoms with Crippen molar-refractivity contribution in [2.45, 2.75) is 12.8 Å². The molecule has 1 aliphatic heterocycles. The lowest BCUT2D eigenvalue weighted by Gasteiger charge is -2.25. The Morgan fingerprint density at radius 2 is 2.11 bits per heavy atom. The summed E-state index contributed by atoms with van der Waals surface area (Å²) >= 11 is 0. The largest absolute Gasteiger partial charge is 0.383 e. The highest BCUT2D eigenvalue weighted by atomic mass is 16.5. The van der Waals surface area contributed by atoms with Crippen molar-refractivity contribution in [3.63, 3.8) is 0 Å². The Kier molecular flexibility index (Phi) is 7.23. The van der Waals surface area contributed by atoms with E-state index in [1.165, 1.54) is 0 Å². The van der Waals surface area contributed by atoms with Crippen LogP contribution in [-0.4, -0.2) is 76.2 Å². The fourth-order valence-corrected chi connectivity index (χ4v) is 2.24. The molecule has 5 heteroatoms. The Morgan fingerprint density at radius 3 is 2.67 bits per heavy atom. The molecule has 1 aliphatic rings. The molecule has 0 saturated carbocycles. The van der Waals surface area contributed by atoms with Crippen LogP contribution < -0.4 is 5.32 Å². The molecule has 0 spiro atoms. The number of nitrogens with one attached hydrogen (secondary N) is 1. The summed E-state index contributed by atoms with van der Waals surface area (Å²) in [6.45, 7) is 4.96. The lowest BCUT2D eigenvalue weighted by molar-refractivity contribution is -0.135. The van der Waals surface area contributed by atoms with Gasteiger partial charge in [0.1, 0.15) is 0 Å². The van der Waals surface area contributed by atoms with Crippen LogP contribution >= 0.6 is 0 Å². The molecule has 0 bridgehead atoms. The Labute approximate surface area is 110 Å². The van der Waals surface area contributed by atoms with Gasteiger partial charge in [-0.15, -0.1) is 0 Å². The molecule has 1 N–H and O–H groups in total. The highest BCUT2D eigenvalue weighted by molar-refractivity contribution is 5.79. The quantitative estimate of drug-likeness (QED) is 0.666. The number of ether oxygens (including phenoxy) is 1. The monoisotopic (exact) mass is 257 g/mol. The van der Waals surface area contributed by atoms with E-state index in [0.29, 0.717) is 13.2 Å². The topological polar surface area (TPSA) is 44.8 Å². The van der Waals surface area contributed by atoms with Gasteiger partial charge in [0.15, 0.2) is 0 Å². The summed E-state index contributed by atoms with van der Waals surface area (Å²) in [5.41, 5.74) is 0. The van der Waals surface area contributed by atoms with Crippen LogP contribution in [0.4, 0.5) is 0 Å². The third-order valence-electron chi connectivity index (χ3n) is 3.32. The summed E-state index contributed by atoms with van der Waals surface area (Å²) in [6.07, 6.45) is 1.98. The van der Waals surface area contributed by atoms with Gasteiger partial charge in [-0.05, 0) is 40.0 Å². The Bertz CT molecular complexity index is 240. The fraction of sp³-hybridized carbons (Fsp3) is 0.923. The van der Waals surface area contributed by atoms with Crippen molar-refractivity contribution >= 4 is 5.91 Å². The van der Waals surface area contributed by atoms with Crippen LogP contribution in [0.25, 0.3) is 0 Å². The van der Waals surface area contributed by atoms with E-state index in [0.717, 1.165) is 39.0 Å². The molecular formula is C13H27N3O2. The van der Waals surface area contributed by atoms with E-state index < -0.39 is 0 Å². The molecule has 0 aromatic carbocycles. The Morgan fingerprint density at radius 1 is 1.33 bits per heavy atom. The molecule has 0 aliphatic carbocycles. The van der Waals surface area contributed by atoms with Crippen LogP contribution in [-0.2, 0) is 9.53 Å². The molecular weight excluding hydrogens is 230 g/mol. The molecule has 1 unspecified atom stereocenters. The van der Waals surface area contributed by atoms with E-state index in [4.69, 9.17) is 4.74 Å². The smallest absolute Gasteiger partial charge is 0.227 e. The van der Waals surface area contributed by atoms with Crippen molar-refractivity contribution in [2.24, 2.45) is 5.92 Å². The SMILES string of the molecule is COCCN(CCCN(C)C)C(=O)C1CCNC1. The molecule has 1 heterocycles. The first kappa shape index (κ1) is 15.4. The Hall–Kier alpha value is -0.650. The fourth-order valence-electron chi connectivity index (χ4n) is 2.24. The van der Waals surface area contributed by atoms with Gasteiger partial charge >= 0.3 is 0 Å². The molecule has 1 amide bonds. The zero-order valence-corrected chi connectivity index (χ0v) is 11.9. The van der Waals surface area contributed by atoms with Gasteiger partial charge in [0.25, 0.3) is 0 Å². The van der Waals surface area contributed by atoms with Gasteiger partial charge in [-0.3, -0.25) is 4.79 Å². The summed E-state index contributed by atoms with van der Waals surface area (Å²) in [6, 6.07) is 0. The van der Waals surface area contributed by atoms with Crippen LogP contribution in [0.3, 0.4) is 0 Å². The molecule has 0 aromatic rings. The van der Waals surface area contributed by atoms with Crippen molar-refractivity contribution < 1.29 is 9.53 Å². The summed E-state index contributed by atoms with van der Waals surface area (Å²) in [5, 5.41) is 3.25. The number of carbonyl (C=O) groups excluding carboxylic acids is 1. The zero-order chi connectivity index (χ0) is 13.4. The standard InChI is InChI=1S/C13H27N3O2/c1-15(2)7-4-8-16(9-10-18-3)13(17)12-5-6-14-11-12/h12,14H,4-11H2,1-3H3. The third-order valence-corrected chi connectivity index (χ3v) is 3.32. The van der Waals surface area contributed by atoms with E-state index in [9.17, 15) is 4.79 Å². The second-order valence-corrected chi connectivity index (χ2v) is 5.16. The van der Waals surface area contributed by atoms with E-state index >= 15 is 0 Å². The predicted molar refractivity (Wildman–Crippen MR) is 72.6 cm³/mol. The van der Waals surface area contributed by atoms with Gasteiger partial charge in [-0.2, -0.15) is 0 Å². The highest BCUT2D eigenvalue weighted by Gasteiger charge is 2.26. The van der Waals surface area contributed by atoms with Crippen molar-refractivity contribution in [3.05, 3.63) is 0 Å². The first-order valence-corrected chi connectivity index (χ1v) is 6.78. The minimum Gasteiger partial charge on any atom is -0.383 e. The molecule has 1 saturated heterocycles. The van der Waals surface area contributed by atoms with Crippen molar-refractivity contribution in [1.82, 2.24) is 15.1 Å². The molecule has 1 atom stereocenters. The van der Waals surface area contributed by atoms with Gasteiger partial charge in [-0.1, -0.05) is 0 Å². The van der Waals surface area contributed by atoms with Crippen molar-refractivity contribution in [3.8, 4) is 0 Å². The normalized spacial score (nSPS) is 19.4. The van der Waals surface area contributed by atoms with Gasteiger partial charge in [-0.25, -0.2) is 0 Å².